The van der Waals surface area contributed by atoms with Gasteiger partial charge in [-0.25, -0.2) is 4.39 Å². The van der Waals surface area contributed by atoms with Crippen LogP contribution in [0.3, 0.4) is 0 Å². The second-order valence-electron chi connectivity index (χ2n) is 4.32. The molecule has 0 aliphatic heterocycles. The van der Waals surface area contributed by atoms with Crippen molar-refractivity contribution in [2.24, 2.45) is 0 Å². The fraction of sp³-hybridized carbons (Fsp3) is 0.500. The Morgan fingerprint density at radius 3 is 2.67 bits per heavy atom. The Labute approximate surface area is 95.6 Å². The lowest BCUT2D eigenvalue weighted by Gasteiger charge is -2.29. The van der Waals surface area contributed by atoms with Crippen LogP contribution < -0.4 is 5.32 Å². The van der Waals surface area contributed by atoms with Crippen LogP contribution in [0.1, 0.15) is 26.3 Å². The molecule has 0 amide bonds. The molecule has 0 heterocycles. The monoisotopic (exact) mass is 229 g/mol. The standard InChI is InChI=1S/C12H17ClFN/c1-9(13)12(2,3)15-8-10-5-4-6-11(14)7-10/h4-7,9,15H,8H2,1-3H3. The van der Waals surface area contributed by atoms with E-state index >= 15 is 0 Å². The van der Waals surface area contributed by atoms with Gasteiger partial charge >= 0.3 is 0 Å². The second kappa shape index (κ2) is 4.95. The zero-order chi connectivity index (χ0) is 11.5. The van der Waals surface area contributed by atoms with Crippen LogP contribution in [-0.4, -0.2) is 10.9 Å². The Kier molecular flexibility index (Phi) is 4.12. The van der Waals surface area contributed by atoms with Gasteiger partial charge in [-0.2, -0.15) is 0 Å². The normalized spacial score (nSPS) is 13.9. The van der Waals surface area contributed by atoms with Crippen LogP contribution >= 0.6 is 11.6 Å². The van der Waals surface area contributed by atoms with Gasteiger partial charge in [0.1, 0.15) is 5.82 Å². The fourth-order valence-electron chi connectivity index (χ4n) is 1.12. The largest absolute Gasteiger partial charge is 0.306 e. The van der Waals surface area contributed by atoms with Gasteiger partial charge in [0.05, 0.1) is 0 Å². The summed E-state index contributed by atoms with van der Waals surface area (Å²) in [6, 6.07) is 6.58. The van der Waals surface area contributed by atoms with E-state index in [9.17, 15) is 4.39 Å². The van der Waals surface area contributed by atoms with E-state index in [0.717, 1.165) is 5.56 Å². The highest BCUT2D eigenvalue weighted by atomic mass is 35.5. The molecule has 0 spiro atoms. The number of hydrogen-bond donors (Lipinski definition) is 1. The topological polar surface area (TPSA) is 12.0 Å². The van der Waals surface area contributed by atoms with Crippen molar-refractivity contribution in [3.8, 4) is 0 Å². The molecule has 1 nitrogen and oxygen atoms in total. The molecule has 1 unspecified atom stereocenters. The van der Waals surface area contributed by atoms with Crippen LogP contribution in [0.25, 0.3) is 0 Å². The molecule has 0 fully saturated rings. The zero-order valence-corrected chi connectivity index (χ0v) is 10.1. The van der Waals surface area contributed by atoms with Gasteiger partial charge in [0, 0.05) is 17.5 Å². The molecular weight excluding hydrogens is 213 g/mol. The predicted molar refractivity (Wildman–Crippen MR) is 62.6 cm³/mol. The van der Waals surface area contributed by atoms with Gasteiger partial charge in [-0.3, -0.25) is 0 Å². The number of hydrogen-bond acceptors (Lipinski definition) is 1. The summed E-state index contributed by atoms with van der Waals surface area (Å²) in [5.74, 6) is -0.203. The summed E-state index contributed by atoms with van der Waals surface area (Å²) in [6.07, 6.45) is 0. The molecule has 0 aromatic heterocycles. The van der Waals surface area contributed by atoms with Gasteiger partial charge in [0.25, 0.3) is 0 Å². The molecule has 0 bridgehead atoms. The summed E-state index contributed by atoms with van der Waals surface area (Å²) in [5, 5.41) is 3.32. The summed E-state index contributed by atoms with van der Waals surface area (Å²) >= 11 is 6.03. The maximum atomic E-state index is 12.9. The Hall–Kier alpha value is -0.600. The molecule has 0 radical (unpaired) electrons. The molecule has 1 rings (SSSR count). The maximum absolute atomic E-state index is 12.9. The molecule has 84 valence electrons. The van der Waals surface area contributed by atoms with Crippen molar-refractivity contribution in [3.63, 3.8) is 0 Å². The van der Waals surface area contributed by atoms with E-state index in [4.69, 9.17) is 11.6 Å². The van der Waals surface area contributed by atoms with E-state index in [-0.39, 0.29) is 16.7 Å². The molecule has 1 N–H and O–H groups in total. The van der Waals surface area contributed by atoms with Gasteiger partial charge in [0.2, 0.25) is 0 Å². The highest BCUT2D eigenvalue weighted by Crippen LogP contribution is 2.15. The first-order valence-electron chi connectivity index (χ1n) is 5.05. The Balaban J connectivity index is 2.57. The number of nitrogens with one attached hydrogen (secondary N) is 1. The van der Waals surface area contributed by atoms with E-state index in [1.807, 2.05) is 26.8 Å². The Bertz CT molecular complexity index is 323. The minimum absolute atomic E-state index is 0.0195. The first kappa shape index (κ1) is 12.5. The Morgan fingerprint density at radius 2 is 2.13 bits per heavy atom. The molecular formula is C12H17ClFN. The molecule has 1 aromatic carbocycles. The number of rotatable bonds is 4. The van der Waals surface area contributed by atoms with Crippen molar-refractivity contribution in [3.05, 3.63) is 35.6 Å². The lowest BCUT2D eigenvalue weighted by atomic mass is 10.0. The van der Waals surface area contributed by atoms with Crippen LogP contribution in [0.15, 0.2) is 24.3 Å². The predicted octanol–water partition coefficient (Wildman–Crippen LogP) is 3.32. The highest BCUT2D eigenvalue weighted by Gasteiger charge is 2.22. The summed E-state index contributed by atoms with van der Waals surface area (Å²) in [4.78, 5) is 0. The van der Waals surface area contributed by atoms with Crippen molar-refractivity contribution in [1.82, 2.24) is 5.32 Å². The molecule has 3 heteroatoms. The zero-order valence-electron chi connectivity index (χ0n) is 9.35. The fourth-order valence-corrected chi connectivity index (χ4v) is 1.19. The number of benzene rings is 1. The third-order valence-corrected chi connectivity index (χ3v) is 3.18. The van der Waals surface area contributed by atoms with Crippen LogP contribution in [0.2, 0.25) is 0 Å². The van der Waals surface area contributed by atoms with Gasteiger partial charge in [0.15, 0.2) is 0 Å². The minimum Gasteiger partial charge on any atom is -0.306 e. The van der Waals surface area contributed by atoms with Crippen LogP contribution in [-0.2, 0) is 6.54 Å². The van der Waals surface area contributed by atoms with Crippen molar-refractivity contribution in [2.45, 2.75) is 38.2 Å². The summed E-state index contributed by atoms with van der Waals surface area (Å²) in [7, 11) is 0. The number of alkyl halides is 1. The van der Waals surface area contributed by atoms with Crippen LogP contribution in [0, 0.1) is 5.82 Å². The van der Waals surface area contributed by atoms with Gasteiger partial charge in [-0.1, -0.05) is 12.1 Å². The first-order chi connectivity index (χ1) is 6.92. The van der Waals surface area contributed by atoms with E-state index in [1.165, 1.54) is 12.1 Å². The molecule has 0 aliphatic rings. The SMILES string of the molecule is CC(Cl)C(C)(C)NCc1cccc(F)c1. The van der Waals surface area contributed by atoms with E-state index < -0.39 is 0 Å². The molecule has 0 saturated carbocycles. The van der Waals surface area contributed by atoms with Gasteiger partial charge in [-0.15, -0.1) is 11.6 Å². The van der Waals surface area contributed by atoms with E-state index in [1.54, 1.807) is 6.07 Å². The van der Waals surface area contributed by atoms with E-state index in [0.29, 0.717) is 6.54 Å². The molecule has 0 aliphatic carbocycles. The molecule has 0 saturated heterocycles. The van der Waals surface area contributed by atoms with Crippen molar-refractivity contribution >= 4 is 11.6 Å². The Morgan fingerprint density at radius 1 is 1.47 bits per heavy atom. The first-order valence-corrected chi connectivity index (χ1v) is 5.49. The lowest BCUT2D eigenvalue weighted by Crippen LogP contribution is -2.45. The van der Waals surface area contributed by atoms with Crippen LogP contribution in [0.4, 0.5) is 4.39 Å². The summed E-state index contributed by atoms with van der Waals surface area (Å²) in [5.41, 5.74) is 0.772. The summed E-state index contributed by atoms with van der Waals surface area (Å²) < 4.78 is 12.9. The third kappa shape index (κ3) is 3.80. The van der Waals surface area contributed by atoms with E-state index in [2.05, 4.69) is 5.32 Å². The summed E-state index contributed by atoms with van der Waals surface area (Å²) in [6.45, 7) is 6.63. The van der Waals surface area contributed by atoms with Gasteiger partial charge < -0.3 is 5.32 Å². The molecule has 15 heavy (non-hydrogen) atoms. The van der Waals surface area contributed by atoms with Crippen molar-refractivity contribution in [1.29, 1.82) is 0 Å². The minimum atomic E-state index is -0.203. The second-order valence-corrected chi connectivity index (χ2v) is 4.98. The molecule has 1 aromatic rings. The van der Waals surface area contributed by atoms with Gasteiger partial charge in [-0.05, 0) is 38.5 Å². The number of halogens is 2. The van der Waals surface area contributed by atoms with Crippen LogP contribution in [0.5, 0.6) is 0 Å². The van der Waals surface area contributed by atoms with Crippen molar-refractivity contribution in [2.75, 3.05) is 0 Å². The maximum Gasteiger partial charge on any atom is 0.123 e. The lowest BCUT2D eigenvalue weighted by molar-refractivity contribution is 0.380. The quantitative estimate of drug-likeness (QED) is 0.782. The van der Waals surface area contributed by atoms with Crippen molar-refractivity contribution < 1.29 is 4.39 Å². The average Bonchev–Trinajstić information content (AvgIpc) is 2.15. The highest BCUT2D eigenvalue weighted by molar-refractivity contribution is 6.21. The third-order valence-electron chi connectivity index (χ3n) is 2.63. The smallest absolute Gasteiger partial charge is 0.123 e. The average molecular weight is 230 g/mol. The molecule has 1 atom stereocenters.